The molecular weight excluding hydrogens is 350 g/mol. The molecule has 2 heterocycles. The molecule has 1 saturated heterocycles. The number of likely N-dealkylation sites (N-methyl/N-ethyl adjacent to an activating group) is 1. The van der Waals surface area contributed by atoms with Crippen LogP contribution in [0.1, 0.15) is 36.7 Å². The number of carbonyl (C=O) groups is 1. The van der Waals surface area contributed by atoms with Crippen LogP contribution in [-0.4, -0.2) is 55.6 Å². The monoisotopic (exact) mass is 381 g/mol. The molecule has 1 aromatic heterocycles. The van der Waals surface area contributed by atoms with Crippen molar-refractivity contribution in [2.24, 2.45) is 0 Å². The van der Waals surface area contributed by atoms with Gasteiger partial charge in [-0.05, 0) is 49.9 Å². The highest BCUT2D eigenvalue weighted by atomic mass is 16.1. The number of hydrogen-bond donors (Lipinski definition) is 2. The number of amides is 1. The average molecular weight is 382 g/mol. The van der Waals surface area contributed by atoms with E-state index < -0.39 is 0 Å². The Balaban J connectivity index is 1.51. The molecule has 1 fully saturated rings. The minimum Gasteiger partial charge on any atom is -0.369 e. The minimum atomic E-state index is -0.112. The van der Waals surface area contributed by atoms with Gasteiger partial charge in [0.05, 0.1) is 11.9 Å². The van der Waals surface area contributed by atoms with Crippen molar-refractivity contribution in [3.05, 3.63) is 48.3 Å². The lowest BCUT2D eigenvalue weighted by molar-refractivity contribution is 0.0948. The predicted octanol–water partition coefficient (Wildman–Crippen LogP) is 3.50. The number of unbranched alkanes of at least 4 members (excludes halogenated alkanes) is 2. The minimum absolute atomic E-state index is 0.112. The van der Waals surface area contributed by atoms with E-state index in [-0.39, 0.29) is 5.91 Å². The topological polar surface area (TPSA) is 60.5 Å². The van der Waals surface area contributed by atoms with Crippen LogP contribution in [0.5, 0.6) is 0 Å². The van der Waals surface area contributed by atoms with Crippen LogP contribution in [0.15, 0.2) is 42.6 Å². The van der Waals surface area contributed by atoms with E-state index >= 15 is 0 Å². The van der Waals surface area contributed by atoms with Crippen LogP contribution in [0.4, 0.5) is 17.1 Å². The summed E-state index contributed by atoms with van der Waals surface area (Å²) >= 11 is 0. The van der Waals surface area contributed by atoms with Gasteiger partial charge >= 0.3 is 0 Å². The second-order valence-electron chi connectivity index (χ2n) is 7.36. The predicted molar refractivity (Wildman–Crippen MR) is 116 cm³/mol. The van der Waals surface area contributed by atoms with E-state index in [9.17, 15) is 4.79 Å². The molecule has 1 aromatic carbocycles. The third-order valence-electron chi connectivity index (χ3n) is 5.09. The van der Waals surface area contributed by atoms with Gasteiger partial charge in [0, 0.05) is 44.1 Å². The highest BCUT2D eigenvalue weighted by Crippen LogP contribution is 2.22. The molecule has 0 aliphatic carbocycles. The van der Waals surface area contributed by atoms with Crippen molar-refractivity contribution in [3.8, 4) is 0 Å². The number of piperazine rings is 1. The Bertz CT molecular complexity index is 737. The van der Waals surface area contributed by atoms with E-state index in [1.807, 2.05) is 6.07 Å². The molecule has 150 valence electrons. The third kappa shape index (κ3) is 5.70. The molecule has 0 bridgehead atoms. The fourth-order valence-electron chi connectivity index (χ4n) is 3.26. The van der Waals surface area contributed by atoms with Crippen molar-refractivity contribution >= 4 is 23.0 Å². The van der Waals surface area contributed by atoms with E-state index in [4.69, 9.17) is 0 Å². The van der Waals surface area contributed by atoms with Crippen molar-refractivity contribution in [2.45, 2.75) is 26.2 Å². The number of rotatable bonds is 8. The van der Waals surface area contributed by atoms with Gasteiger partial charge < -0.3 is 20.4 Å². The Labute approximate surface area is 167 Å². The molecule has 0 saturated carbocycles. The maximum Gasteiger partial charge on any atom is 0.269 e. The largest absolute Gasteiger partial charge is 0.369 e. The van der Waals surface area contributed by atoms with Crippen LogP contribution >= 0.6 is 0 Å². The number of carbonyl (C=O) groups excluding carboxylic acids is 1. The Kier molecular flexibility index (Phi) is 7.25. The fraction of sp³-hybridized carbons (Fsp3) is 0.455. The number of aromatic nitrogens is 1. The number of hydrogen-bond acceptors (Lipinski definition) is 5. The van der Waals surface area contributed by atoms with Gasteiger partial charge in [-0.25, -0.2) is 4.98 Å². The lowest BCUT2D eigenvalue weighted by Crippen LogP contribution is -2.44. The molecular formula is C22H31N5O. The van der Waals surface area contributed by atoms with Crippen LogP contribution in [0.2, 0.25) is 0 Å². The number of benzene rings is 1. The van der Waals surface area contributed by atoms with Crippen LogP contribution < -0.4 is 15.5 Å². The maximum absolute atomic E-state index is 12.1. The van der Waals surface area contributed by atoms with Crippen LogP contribution in [0, 0.1) is 0 Å². The van der Waals surface area contributed by atoms with Gasteiger partial charge in [-0.2, -0.15) is 0 Å². The van der Waals surface area contributed by atoms with Crippen molar-refractivity contribution in [1.29, 1.82) is 0 Å². The molecule has 2 aromatic rings. The Morgan fingerprint density at radius 3 is 2.36 bits per heavy atom. The number of nitrogens with one attached hydrogen (secondary N) is 2. The Morgan fingerprint density at radius 1 is 1.00 bits per heavy atom. The maximum atomic E-state index is 12.1. The number of nitrogens with zero attached hydrogens (tertiary/aromatic N) is 3. The quantitative estimate of drug-likeness (QED) is 0.686. The van der Waals surface area contributed by atoms with Crippen LogP contribution in [0.3, 0.4) is 0 Å². The van der Waals surface area contributed by atoms with Gasteiger partial charge in [-0.3, -0.25) is 4.79 Å². The highest BCUT2D eigenvalue weighted by molar-refractivity contribution is 5.92. The van der Waals surface area contributed by atoms with E-state index in [0.29, 0.717) is 12.2 Å². The summed E-state index contributed by atoms with van der Waals surface area (Å²) in [7, 11) is 2.17. The SMILES string of the molecule is CCCCCNC(=O)c1ccc(Nc2ccc(N3CCN(C)CC3)cc2)cn1. The molecule has 1 amide bonds. The number of anilines is 3. The molecule has 3 rings (SSSR count). The standard InChI is InChI=1S/C22H31N5O/c1-3-4-5-12-23-22(28)21-11-8-19(17-24-21)25-18-6-9-20(10-7-18)27-15-13-26(2)14-16-27/h6-11,17,25H,3-5,12-16H2,1-2H3,(H,23,28). The van der Waals surface area contributed by atoms with Crippen molar-refractivity contribution < 1.29 is 4.79 Å². The first-order chi connectivity index (χ1) is 13.7. The summed E-state index contributed by atoms with van der Waals surface area (Å²) in [6.45, 7) is 7.18. The first kappa shape index (κ1) is 20.1. The summed E-state index contributed by atoms with van der Waals surface area (Å²) in [6, 6.07) is 12.1. The van der Waals surface area contributed by atoms with Gasteiger partial charge in [0.1, 0.15) is 5.69 Å². The third-order valence-corrected chi connectivity index (χ3v) is 5.09. The molecule has 0 spiro atoms. The molecule has 0 atom stereocenters. The van der Waals surface area contributed by atoms with Crippen LogP contribution in [-0.2, 0) is 0 Å². The van der Waals surface area contributed by atoms with Crippen molar-refractivity contribution in [2.75, 3.05) is 50.0 Å². The van der Waals surface area contributed by atoms with E-state index in [1.165, 1.54) is 5.69 Å². The summed E-state index contributed by atoms with van der Waals surface area (Å²) in [5.41, 5.74) is 3.59. The summed E-state index contributed by atoms with van der Waals surface area (Å²) in [5, 5.41) is 6.26. The van der Waals surface area contributed by atoms with E-state index in [0.717, 1.165) is 56.8 Å². The van der Waals surface area contributed by atoms with Gasteiger partial charge in [0.2, 0.25) is 0 Å². The number of pyridine rings is 1. The molecule has 0 radical (unpaired) electrons. The fourth-order valence-corrected chi connectivity index (χ4v) is 3.26. The Hall–Kier alpha value is -2.60. The van der Waals surface area contributed by atoms with Crippen molar-refractivity contribution in [1.82, 2.24) is 15.2 Å². The molecule has 1 aliphatic rings. The Morgan fingerprint density at radius 2 is 1.71 bits per heavy atom. The zero-order valence-electron chi connectivity index (χ0n) is 16.9. The van der Waals surface area contributed by atoms with Gasteiger partial charge in [-0.1, -0.05) is 19.8 Å². The zero-order chi connectivity index (χ0) is 19.8. The lowest BCUT2D eigenvalue weighted by Gasteiger charge is -2.34. The highest BCUT2D eigenvalue weighted by Gasteiger charge is 2.14. The molecule has 2 N–H and O–H groups in total. The molecule has 0 unspecified atom stereocenters. The van der Waals surface area contributed by atoms with Gasteiger partial charge in [-0.15, -0.1) is 0 Å². The van der Waals surface area contributed by atoms with Crippen molar-refractivity contribution in [3.63, 3.8) is 0 Å². The summed E-state index contributed by atoms with van der Waals surface area (Å²) in [5.74, 6) is -0.112. The summed E-state index contributed by atoms with van der Waals surface area (Å²) < 4.78 is 0. The zero-order valence-corrected chi connectivity index (χ0v) is 16.9. The lowest BCUT2D eigenvalue weighted by atomic mass is 10.2. The molecule has 6 heteroatoms. The summed E-state index contributed by atoms with van der Waals surface area (Å²) in [6.07, 6.45) is 4.98. The molecule has 6 nitrogen and oxygen atoms in total. The first-order valence-corrected chi connectivity index (χ1v) is 10.2. The second-order valence-corrected chi connectivity index (χ2v) is 7.36. The first-order valence-electron chi connectivity index (χ1n) is 10.2. The second kappa shape index (κ2) is 10.1. The van der Waals surface area contributed by atoms with Crippen LogP contribution in [0.25, 0.3) is 0 Å². The molecule has 1 aliphatic heterocycles. The average Bonchev–Trinajstić information content (AvgIpc) is 2.73. The van der Waals surface area contributed by atoms with E-state index in [1.54, 1.807) is 12.3 Å². The van der Waals surface area contributed by atoms with Gasteiger partial charge in [0.15, 0.2) is 0 Å². The van der Waals surface area contributed by atoms with Gasteiger partial charge in [0.25, 0.3) is 5.91 Å². The molecule has 28 heavy (non-hydrogen) atoms. The smallest absolute Gasteiger partial charge is 0.269 e. The summed E-state index contributed by atoms with van der Waals surface area (Å²) in [4.78, 5) is 21.1. The van der Waals surface area contributed by atoms with E-state index in [2.05, 4.69) is 63.7 Å². The normalized spacial score (nSPS) is 14.7.